The van der Waals surface area contributed by atoms with Crippen LogP contribution < -0.4 is 10.1 Å². The minimum Gasteiger partial charge on any atom is -0.482 e. The van der Waals surface area contributed by atoms with Gasteiger partial charge in [-0.05, 0) is 55.7 Å². The Morgan fingerprint density at radius 2 is 1.86 bits per heavy atom. The maximum Gasteiger partial charge on any atom is 0.262 e. The zero-order chi connectivity index (χ0) is 20.3. The topological polar surface area (TPSA) is 75.7 Å². The number of amides is 1. The van der Waals surface area contributed by atoms with E-state index < -0.39 is 10.0 Å². The number of rotatable bonds is 6. The smallest absolute Gasteiger partial charge is 0.262 e. The lowest BCUT2D eigenvalue weighted by Crippen LogP contribution is -2.27. The summed E-state index contributed by atoms with van der Waals surface area (Å²) >= 11 is 12.2. The second-order valence-corrected chi connectivity index (χ2v) is 9.21. The van der Waals surface area contributed by atoms with Crippen molar-refractivity contribution in [1.29, 1.82) is 0 Å². The number of anilines is 1. The summed E-state index contributed by atoms with van der Waals surface area (Å²) in [7, 11) is -3.56. The SMILES string of the molecule is Cc1c(Cl)cccc1NC(=O)COc1ccc(S(=O)(=O)N2CCCC2)cc1Cl. The second kappa shape index (κ2) is 8.69. The van der Waals surface area contributed by atoms with Gasteiger partial charge in [-0.2, -0.15) is 4.31 Å². The van der Waals surface area contributed by atoms with Crippen molar-refractivity contribution in [2.24, 2.45) is 0 Å². The van der Waals surface area contributed by atoms with E-state index in [1.54, 1.807) is 25.1 Å². The fourth-order valence-electron chi connectivity index (χ4n) is 2.91. The van der Waals surface area contributed by atoms with Crippen LogP contribution in [0.3, 0.4) is 0 Å². The molecule has 0 bridgehead atoms. The van der Waals surface area contributed by atoms with Crippen molar-refractivity contribution in [3.05, 3.63) is 52.0 Å². The van der Waals surface area contributed by atoms with E-state index in [1.165, 1.54) is 22.5 Å². The van der Waals surface area contributed by atoms with Crippen LogP contribution in [0.1, 0.15) is 18.4 Å². The summed E-state index contributed by atoms with van der Waals surface area (Å²) in [5.74, 6) is -0.143. The van der Waals surface area contributed by atoms with Crippen LogP contribution in [0.15, 0.2) is 41.3 Å². The highest BCUT2D eigenvalue weighted by Gasteiger charge is 2.27. The molecular formula is C19H20Cl2N2O4S. The third-order valence-electron chi connectivity index (χ3n) is 4.51. The van der Waals surface area contributed by atoms with Crippen molar-refractivity contribution in [2.75, 3.05) is 25.0 Å². The fourth-order valence-corrected chi connectivity index (χ4v) is 4.93. The lowest BCUT2D eigenvalue weighted by atomic mass is 10.2. The molecule has 0 radical (unpaired) electrons. The minimum absolute atomic E-state index is 0.116. The first-order valence-electron chi connectivity index (χ1n) is 8.76. The molecule has 150 valence electrons. The van der Waals surface area contributed by atoms with Gasteiger partial charge in [0.15, 0.2) is 6.61 Å². The average Bonchev–Trinajstić information content (AvgIpc) is 3.20. The van der Waals surface area contributed by atoms with Crippen LogP contribution in [0.5, 0.6) is 5.75 Å². The number of ether oxygens (including phenoxy) is 1. The summed E-state index contributed by atoms with van der Waals surface area (Å²) in [4.78, 5) is 12.3. The van der Waals surface area contributed by atoms with Gasteiger partial charge in [0.2, 0.25) is 10.0 Å². The third-order valence-corrected chi connectivity index (χ3v) is 7.11. The Morgan fingerprint density at radius 3 is 2.54 bits per heavy atom. The van der Waals surface area contributed by atoms with Gasteiger partial charge in [-0.25, -0.2) is 8.42 Å². The Hall–Kier alpha value is -1.80. The monoisotopic (exact) mass is 442 g/mol. The molecule has 1 saturated heterocycles. The molecular weight excluding hydrogens is 423 g/mol. The molecule has 1 N–H and O–H groups in total. The number of hydrogen-bond donors (Lipinski definition) is 1. The van der Waals surface area contributed by atoms with Gasteiger partial charge < -0.3 is 10.1 Å². The van der Waals surface area contributed by atoms with Gasteiger partial charge in [-0.1, -0.05) is 29.3 Å². The van der Waals surface area contributed by atoms with Crippen LogP contribution in [0, 0.1) is 6.92 Å². The first kappa shape index (κ1) is 20.9. The van der Waals surface area contributed by atoms with Gasteiger partial charge >= 0.3 is 0 Å². The molecule has 2 aromatic rings. The van der Waals surface area contributed by atoms with Gasteiger partial charge in [-0.3, -0.25) is 4.79 Å². The van der Waals surface area contributed by atoms with Crippen molar-refractivity contribution >= 4 is 44.8 Å². The van der Waals surface area contributed by atoms with Gasteiger partial charge in [0, 0.05) is 23.8 Å². The molecule has 1 heterocycles. The zero-order valence-electron chi connectivity index (χ0n) is 15.2. The minimum atomic E-state index is -3.56. The largest absolute Gasteiger partial charge is 0.482 e. The first-order chi connectivity index (χ1) is 13.3. The van der Waals surface area contributed by atoms with Crippen molar-refractivity contribution in [3.63, 3.8) is 0 Å². The molecule has 0 aliphatic carbocycles. The Balaban J connectivity index is 1.65. The van der Waals surface area contributed by atoms with E-state index in [9.17, 15) is 13.2 Å². The third kappa shape index (κ3) is 4.60. The van der Waals surface area contributed by atoms with Crippen LogP contribution in [0.25, 0.3) is 0 Å². The Kier molecular flexibility index (Phi) is 6.50. The van der Waals surface area contributed by atoms with Crippen LogP contribution in [0.4, 0.5) is 5.69 Å². The number of nitrogens with one attached hydrogen (secondary N) is 1. The van der Waals surface area contributed by atoms with Gasteiger partial charge in [0.05, 0.1) is 9.92 Å². The summed E-state index contributed by atoms with van der Waals surface area (Å²) in [6, 6.07) is 9.47. The number of benzene rings is 2. The van der Waals surface area contributed by atoms with Crippen molar-refractivity contribution < 1.29 is 17.9 Å². The lowest BCUT2D eigenvalue weighted by Gasteiger charge is -2.16. The molecule has 0 unspecified atom stereocenters. The maximum atomic E-state index is 12.6. The van der Waals surface area contributed by atoms with Gasteiger partial charge in [0.25, 0.3) is 5.91 Å². The van der Waals surface area contributed by atoms with E-state index in [0.717, 1.165) is 18.4 Å². The number of hydrogen-bond acceptors (Lipinski definition) is 4. The van der Waals surface area contributed by atoms with Crippen LogP contribution in [-0.4, -0.2) is 38.3 Å². The van der Waals surface area contributed by atoms with E-state index >= 15 is 0 Å². The van der Waals surface area contributed by atoms with E-state index in [1.807, 2.05) is 0 Å². The summed E-state index contributed by atoms with van der Waals surface area (Å²) in [6.45, 7) is 2.56. The molecule has 28 heavy (non-hydrogen) atoms. The molecule has 2 aromatic carbocycles. The molecule has 0 aromatic heterocycles. The summed E-state index contributed by atoms with van der Waals surface area (Å²) in [6.07, 6.45) is 1.71. The molecule has 9 heteroatoms. The lowest BCUT2D eigenvalue weighted by molar-refractivity contribution is -0.118. The van der Waals surface area contributed by atoms with Crippen LogP contribution >= 0.6 is 23.2 Å². The normalized spacial score (nSPS) is 14.8. The van der Waals surface area contributed by atoms with E-state index in [2.05, 4.69) is 5.32 Å². The predicted molar refractivity (Wildman–Crippen MR) is 110 cm³/mol. The van der Waals surface area contributed by atoms with Crippen molar-refractivity contribution in [2.45, 2.75) is 24.7 Å². The number of nitrogens with zero attached hydrogens (tertiary/aromatic N) is 1. The van der Waals surface area contributed by atoms with Gasteiger partial charge in [0.1, 0.15) is 5.75 Å². The Bertz CT molecular complexity index is 989. The zero-order valence-corrected chi connectivity index (χ0v) is 17.6. The number of sulfonamides is 1. The molecule has 1 fully saturated rings. The average molecular weight is 443 g/mol. The van der Waals surface area contributed by atoms with Gasteiger partial charge in [-0.15, -0.1) is 0 Å². The quantitative estimate of drug-likeness (QED) is 0.730. The number of carbonyl (C=O) groups excluding carboxylic acids is 1. The van der Waals surface area contributed by atoms with Crippen molar-refractivity contribution in [1.82, 2.24) is 4.31 Å². The molecule has 0 atom stereocenters. The molecule has 1 amide bonds. The molecule has 1 aliphatic heterocycles. The number of halogens is 2. The van der Waals surface area contributed by atoms with E-state index in [0.29, 0.717) is 23.8 Å². The molecule has 6 nitrogen and oxygen atoms in total. The summed E-state index contributed by atoms with van der Waals surface area (Å²) in [5.41, 5.74) is 1.35. The molecule has 0 saturated carbocycles. The van der Waals surface area contributed by atoms with E-state index in [-0.39, 0.29) is 28.2 Å². The highest BCUT2D eigenvalue weighted by Crippen LogP contribution is 2.30. The summed E-state index contributed by atoms with van der Waals surface area (Å²) < 4.78 is 32.0. The molecule has 0 spiro atoms. The maximum absolute atomic E-state index is 12.6. The Labute approximate surface area is 174 Å². The predicted octanol–water partition coefficient (Wildman–Crippen LogP) is 4.10. The number of carbonyl (C=O) groups is 1. The second-order valence-electron chi connectivity index (χ2n) is 6.45. The standard InChI is InChI=1S/C19H20Cl2N2O4S/c1-13-15(20)5-4-6-17(13)22-19(24)12-27-18-8-7-14(11-16(18)21)28(25,26)23-9-2-3-10-23/h4-8,11H,2-3,9-10,12H2,1H3,(H,22,24). The highest BCUT2D eigenvalue weighted by molar-refractivity contribution is 7.89. The molecule has 3 rings (SSSR count). The summed E-state index contributed by atoms with van der Waals surface area (Å²) in [5, 5.41) is 3.40. The molecule has 1 aliphatic rings. The fraction of sp³-hybridized carbons (Fsp3) is 0.316. The Morgan fingerprint density at radius 1 is 1.14 bits per heavy atom. The highest BCUT2D eigenvalue weighted by atomic mass is 35.5. The van der Waals surface area contributed by atoms with E-state index in [4.69, 9.17) is 27.9 Å². The van der Waals surface area contributed by atoms with Crippen LogP contribution in [-0.2, 0) is 14.8 Å². The van der Waals surface area contributed by atoms with Crippen LogP contribution in [0.2, 0.25) is 10.0 Å². The first-order valence-corrected chi connectivity index (χ1v) is 11.0. The van der Waals surface area contributed by atoms with Crippen molar-refractivity contribution in [3.8, 4) is 5.75 Å².